The average Bonchev–Trinajstić information content (AvgIpc) is 3.28. The number of aryl methyl sites for hydroxylation is 2. The molecule has 6 nitrogen and oxygen atoms in total. The highest BCUT2D eigenvalue weighted by atomic mass is 32.1. The summed E-state index contributed by atoms with van der Waals surface area (Å²) in [5.74, 6) is 1.22. The SMILES string of the molecule is Cc1oc(-c2ccccc2)nc1CCC(=O)c1ccc(Cc2sc(=O)[nH]c2O)cc1. The molecule has 30 heavy (non-hydrogen) atoms. The summed E-state index contributed by atoms with van der Waals surface area (Å²) < 4.78 is 5.76. The molecule has 4 aromatic rings. The van der Waals surface area contributed by atoms with E-state index in [1.165, 1.54) is 0 Å². The van der Waals surface area contributed by atoms with Crippen molar-refractivity contribution in [3.8, 4) is 17.3 Å². The van der Waals surface area contributed by atoms with Crippen LogP contribution in [0.4, 0.5) is 0 Å². The molecular weight excluding hydrogens is 400 g/mol. The lowest BCUT2D eigenvalue weighted by atomic mass is 10.0. The van der Waals surface area contributed by atoms with E-state index >= 15 is 0 Å². The molecular formula is C23H20N2O4S. The number of aromatic amines is 1. The summed E-state index contributed by atoms with van der Waals surface area (Å²) in [6.07, 6.45) is 1.28. The second-order valence-electron chi connectivity index (χ2n) is 6.97. The van der Waals surface area contributed by atoms with E-state index in [-0.39, 0.29) is 16.5 Å². The molecule has 7 heteroatoms. The van der Waals surface area contributed by atoms with Gasteiger partial charge in [0.1, 0.15) is 5.76 Å². The zero-order chi connectivity index (χ0) is 21.1. The molecule has 0 aliphatic heterocycles. The van der Waals surface area contributed by atoms with Gasteiger partial charge in [0, 0.05) is 30.4 Å². The van der Waals surface area contributed by atoms with Crippen LogP contribution in [-0.4, -0.2) is 20.9 Å². The predicted molar refractivity (Wildman–Crippen MR) is 115 cm³/mol. The number of Topliss-reactive ketones (excluding diaryl/α,β-unsaturated/α-hetero) is 1. The van der Waals surface area contributed by atoms with Crippen molar-refractivity contribution >= 4 is 17.1 Å². The summed E-state index contributed by atoms with van der Waals surface area (Å²) in [5, 5.41) is 9.70. The number of carbonyl (C=O) groups is 1. The molecule has 2 heterocycles. The van der Waals surface area contributed by atoms with Crippen molar-refractivity contribution in [2.24, 2.45) is 0 Å². The molecule has 152 valence electrons. The molecule has 0 saturated heterocycles. The highest BCUT2D eigenvalue weighted by Crippen LogP contribution is 2.23. The third kappa shape index (κ3) is 4.41. The first-order chi connectivity index (χ1) is 14.5. The van der Waals surface area contributed by atoms with Crippen molar-refractivity contribution in [2.75, 3.05) is 0 Å². The van der Waals surface area contributed by atoms with Gasteiger partial charge in [-0.2, -0.15) is 0 Å². The largest absolute Gasteiger partial charge is 0.494 e. The molecule has 0 bridgehead atoms. The first-order valence-electron chi connectivity index (χ1n) is 9.54. The maximum Gasteiger partial charge on any atom is 0.307 e. The number of hydrogen-bond acceptors (Lipinski definition) is 6. The van der Waals surface area contributed by atoms with Crippen molar-refractivity contribution in [2.45, 2.75) is 26.2 Å². The summed E-state index contributed by atoms with van der Waals surface area (Å²) in [6.45, 7) is 1.86. The normalized spacial score (nSPS) is 11.0. The Balaban J connectivity index is 1.39. The van der Waals surface area contributed by atoms with E-state index in [1.807, 2.05) is 49.4 Å². The lowest BCUT2D eigenvalue weighted by Gasteiger charge is -2.03. The monoisotopic (exact) mass is 420 g/mol. The maximum absolute atomic E-state index is 12.6. The number of aromatic nitrogens is 2. The number of oxazole rings is 1. The molecule has 2 aromatic carbocycles. The van der Waals surface area contributed by atoms with Crippen LogP contribution in [0.25, 0.3) is 11.5 Å². The second-order valence-corrected chi connectivity index (χ2v) is 8.04. The number of aromatic hydroxyl groups is 1. The molecule has 0 amide bonds. The van der Waals surface area contributed by atoms with Crippen LogP contribution in [0.5, 0.6) is 5.88 Å². The Morgan fingerprint density at radius 1 is 1.13 bits per heavy atom. The Morgan fingerprint density at radius 2 is 1.87 bits per heavy atom. The van der Waals surface area contributed by atoms with Gasteiger partial charge in [-0.1, -0.05) is 53.8 Å². The third-order valence-corrected chi connectivity index (χ3v) is 5.71. The minimum Gasteiger partial charge on any atom is -0.494 e. The van der Waals surface area contributed by atoms with Crippen molar-refractivity contribution in [1.29, 1.82) is 0 Å². The summed E-state index contributed by atoms with van der Waals surface area (Å²) in [6, 6.07) is 16.9. The Morgan fingerprint density at radius 3 is 2.53 bits per heavy atom. The van der Waals surface area contributed by atoms with Gasteiger partial charge in [-0.25, -0.2) is 4.98 Å². The minimum absolute atomic E-state index is 0.0272. The minimum atomic E-state index is -0.284. The number of benzene rings is 2. The molecule has 0 fully saturated rings. The van der Waals surface area contributed by atoms with Crippen LogP contribution in [0.2, 0.25) is 0 Å². The van der Waals surface area contributed by atoms with Gasteiger partial charge < -0.3 is 9.52 Å². The van der Waals surface area contributed by atoms with Gasteiger partial charge in [0.25, 0.3) is 0 Å². The summed E-state index contributed by atoms with van der Waals surface area (Å²) >= 11 is 0.983. The number of ketones is 1. The van der Waals surface area contributed by atoms with Gasteiger partial charge in [0.2, 0.25) is 11.8 Å². The van der Waals surface area contributed by atoms with E-state index in [4.69, 9.17) is 4.42 Å². The van der Waals surface area contributed by atoms with Crippen LogP contribution in [0.1, 0.15) is 38.7 Å². The van der Waals surface area contributed by atoms with E-state index in [0.29, 0.717) is 35.6 Å². The van der Waals surface area contributed by atoms with E-state index in [2.05, 4.69) is 9.97 Å². The van der Waals surface area contributed by atoms with Gasteiger partial charge in [0.15, 0.2) is 5.78 Å². The molecule has 0 saturated carbocycles. The lowest BCUT2D eigenvalue weighted by molar-refractivity contribution is 0.0982. The summed E-state index contributed by atoms with van der Waals surface area (Å²) in [4.78, 5) is 31.1. The highest BCUT2D eigenvalue weighted by Gasteiger charge is 2.14. The third-order valence-electron chi connectivity index (χ3n) is 4.84. The fraction of sp³-hybridized carbons (Fsp3) is 0.174. The summed E-state index contributed by atoms with van der Waals surface area (Å²) in [7, 11) is 0. The van der Waals surface area contributed by atoms with Gasteiger partial charge in [-0.15, -0.1) is 0 Å². The number of hydrogen-bond donors (Lipinski definition) is 2. The first-order valence-corrected chi connectivity index (χ1v) is 10.4. The smallest absolute Gasteiger partial charge is 0.307 e. The van der Waals surface area contributed by atoms with Crippen LogP contribution >= 0.6 is 11.3 Å². The molecule has 4 rings (SSSR count). The molecule has 2 N–H and O–H groups in total. The van der Waals surface area contributed by atoms with Crippen LogP contribution in [-0.2, 0) is 12.8 Å². The molecule has 0 aliphatic rings. The molecule has 2 aromatic heterocycles. The van der Waals surface area contributed by atoms with E-state index in [0.717, 1.165) is 33.9 Å². The quantitative estimate of drug-likeness (QED) is 0.429. The van der Waals surface area contributed by atoms with Crippen molar-refractivity contribution < 1.29 is 14.3 Å². The number of rotatable bonds is 7. The first kappa shape index (κ1) is 19.8. The predicted octanol–water partition coefficient (Wildman–Crippen LogP) is 4.51. The van der Waals surface area contributed by atoms with Gasteiger partial charge in [-0.3, -0.25) is 14.6 Å². The number of H-pyrrole nitrogens is 1. The molecule has 0 radical (unpaired) electrons. The van der Waals surface area contributed by atoms with E-state index < -0.39 is 0 Å². The Bertz CT molecular complexity index is 1220. The van der Waals surface area contributed by atoms with Gasteiger partial charge in [-0.05, 0) is 24.6 Å². The fourth-order valence-electron chi connectivity index (χ4n) is 3.21. The number of nitrogens with zero attached hydrogens (tertiary/aromatic N) is 1. The van der Waals surface area contributed by atoms with Gasteiger partial charge >= 0.3 is 4.87 Å². The van der Waals surface area contributed by atoms with Crippen molar-refractivity contribution in [3.05, 3.63) is 91.7 Å². The average molecular weight is 420 g/mol. The Hall–Kier alpha value is -3.45. The van der Waals surface area contributed by atoms with Crippen LogP contribution < -0.4 is 4.87 Å². The van der Waals surface area contributed by atoms with Crippen molar-refractivity contribution in [3.63, 3.8) is 0 Å². The number of carbonyl (C=O) groups excluding carboxylic acids is 1. The maximum atomic E-state index is 12.6. The zero-order valence-electron chi connectivity index (χ0n) is 16.3. The number of thiazole rings is 1. The summed E-state index contributed by atoms with van der Waals surface area (Å²) in [5.41, 5.74) is 3.23. The molecule has 0 atom stereocenters. The standard InChI is InChI=1S/C23H20N2O4S/c1-14-18(24-22(29-14)17-5-3-2-4-6-17)11-12-19(26)16-9-7-15(8-10-16)13-20-21(27)25-23(28)30-20/h2-10,27H,11-13H2,1H3,(H,25,28). The Labute approximate surface area is 176 Å². The van der Waals surface area contributed by atoms with Crippen LogP contribution in [0.3, 0.4) is 0 Å². The van der Waals surface area contributed by atoms with E-state index in [9.17, 15) is 14.7 Å². The molecule has 0 unspecified atom stereocenters. The zero-order valence-corrected chi connectivity index (χ0v) is 17.2. The molecule has 0 aliphatic carbocycles. The van der Waals surface area contributed by atoms with Gasteiger partial charge in [0.05, 0.1) is 10.6 Å². The van der Waals surface area contributed by atoms with Crippen LogP contribution in [0.15, 0.2) is 63.8 Å². The molecule has 0 spiro atoms. The highest BCUT2D eigenvalue weighted by molar-refractivity contribution is 7.09. The van der Waals surface area contributed by atoms with Crippen molar-refractivity contribution in [1.82, 2.24) is 9.97 Å². The van der Waals surface area contributed by atoms with Crippen LogP contribution in [0, 0.1) is 6.92 Å². The number of nitrogens with one attached hydrogen (secondary N) is 1. The topological polar surface area (TPSA) is 96.2 Å². The lowest BCUT2D eigenvalue weighted by Crippen LogP contribution is -2.02. The fourth-order valence-corrected chi connectivity index (χ4v) is 3.96. The second kappa shape index (κ2) is 8.51. The van der Waals surface area contributed by atoms with E-state index in [1.54, 1.807) is 12.1 Å². The Kier molecular flexibility index (Phi) is 5.63.